The third-order valence-electron chi connectivity index (χ3n) is 5.51. The summed E-state index contributed by atoms with van der Waals surface area (Å²) in [5, 5.41) is 6.70. The van der Waals surface area contributed by atoms with Crippen LogP contribution in [0.2, 0.25) is 0 Å². The van der Waals surface area contributed by atoms with E-state index >= 15 is 0 Å². The van der Waals surface area contributed by atoms with Gasteiger partial charge in [-0.25, -0.2) is 4.98 Å². The van der Waals surface area contributed by atoms with Crippen molar-refractivity contribution in [1.82, 2.24) is 14.9 Å². The second kappa shape index (κ2) is 8.49. The van der Waals surface area contributed by atoms with Gasteiger partial charge in [0.2, 0.25) is 5.95 Å². The molecule has 2 N–H and O–H groups in total. The average Bonchev–Trinajstić information content (AvgIpc) is 2.73. The van der Waals surface area contributed by atoms with Gasteiger partial charge in [-0.2, -0.15) is 4.98 Å². The highest BCUT2D eigenvalue weighted by atomic mass is 15.2. The average molecular weight is 389 g/mol. The normalized spacial score (nSPS) is 14.7. The van der Waals surface area contributed by atoms with E-state index in [-0.39, 0.29) is 0 Å². The molecule has 29 heavy (non-hydrogen) atoms. The first-order valence-corrected chi connectivity index (χ1v) is 10.1. The molecule has 2 heterocycles. The SMILES string of the molecule is Cc1cccc(Nc2nccc(Nc3ccc(N4CCN(C)CC4)cc3)n2)c1C. The highest BCUT2D eigenvalue weighted by Gasteiger charge is 2.14. The highest BCUT2D eigenvalue weighted by molar-refractivity contribution is 5.64. The molecule has 0 bridgehead atoms. The van der Waals surface area contributed by atoms with E-state index in [4.69, 9.17) is 0 Å². The molecule has 0 amide bonds. The van der Waals surface area contributed by atoms with Gasteiger partial charge in [0.15, 0.2) is 0 Å². The van der Waals surface area contributed by atoms with Gasteiger partial charge in [-0.15, -0.1) is 0 Å². The number of anilines is 5. The molecule has 1 fully saturated rings. The molecule has 1 saturated heterocycles. The smallest absolute Gasteiger partial charge is 0.229 e. The summed E-state index contributed by atoms with van der Waals surface area (Å²) in [7, 11) is 2.18. The van der Waals surface area contributed by atoms with E-state index in [9.17, 15) is 0 Å². The molecule has 0 atom stereocenters. The van der Waals surface area contributed by atoms with Crippen molar-refractivity contribution < 1.29 is 0 Å². The van der Waals surface area contributed by atoms with E-state index in [0.717, 1.165) is 43.4 Å². The van der Waals surface area contributed by atoms with Gasteiger partial charge in [-0.1, -0.05) is 12.1 Å². The maximum Gasteiger partial charge on any atom is 0.229 e. The largest absolute Gasteiger partial charge is 0.369 e. The summed E-state index contributed by atoms with van der Waals surface area (Å²) in [5.74, 6) is 1.35. The Balaban J connectivity index is 1.43. The fourth-order valence-corrected chi connectivity index (χ4v) is 3.46. The van der Waals surface area contributed by atoms with Crippen LogP contribution < -0.4 is 15.5 Å². The second-order valence-corrected chi connectivity index (χ2v) is 7.60. The molecule has 0 spiro atoms. The predicted octanol–water partition coefficient (Wildman–Crippen LogP) is 4.33. The molecule has 1 aromatic heterocycles. The van der Waals surface area contributed by atoms with Crippen LogP contribution in [0, 0.1) is 13.8 Å². The lowest BCUT2D eigenvalue weighted by molar-refractivity contribution is 0.313. The van der Waals surface area contributed by atoms with E-state index in [1.54, 1.807) is 6.20 Å². The predicted molar refractivity (Wildman–Crippen MR) is 121 cm³/mol. The Hall–Kier alpha value is -3.12. The molecule has 3 aromatic rings. The lowest BCUT2D eigenvalue weighted by Crippen LogP contribution is -2.44. The molecule has 6 nitrogen and oxygen atoms in total. The third kappa shape index (κ3) is 4.66. The van der Waals surface area contributed by atoms with Crippen LogP contribution in [0.1, 0.15) is 11.1 Å². The van der Waals surface area contributed by atoms with Crippen LogP contribution >= 0.6 is 0 Å². The maximum absolute atomic E-state index is 4.61. The van der Waals surface area contributed by atoms with Crippen molar-refractivity contribution in [3.8, 4) is 0 Å². The van der Waals surface area contributed by atoms with Crippen molar-refractivity contribution >= 4 is 28.8 Å². The minimum Gasteiger partial charge on any atom is -0.369 e. The minimum absolute atomic E-state index is 0.581. The van der Waals surface area contributed by atoms with Gasteiger partial charge in [0.25, 0.3) is 0 Å². The number of hydrogen-bond donors (Lipinski definition) is 2. The Labute approximate surface area is 172 Å². The standard InChI is InChI=1S/C23H28N6/c1-17-5-4-6-21(18(17)2)26-23-24-12-11-22(27-23)25-19-7-9-20(10-8-19)29-15-13-28(3)14-16-29/h4-12H,13-16H2,1-3H3,(H2,24,25,26,27). The van der Waals surface area contributed by atoms with Crippen LogP contribution in [0.5, 0.6) is 0 Å². The third-order valence-corrected chi connectivity index (χ3v) is 5.51. The molecular weight excluding hydrogens is 360 g/mol. The summed E-state index contributed by atoms with van der Waals surface area (Å²) in [6.45, 7) is 8.56. The van der Waals surface area contributed by atoms with Crippen LogP contribution in [-0.4, -0.2) is 48.1 Å². The van der Waals surface area contributed by atoms with Gasteiger partial charge in [0.1, 0.15) is 5.82 Å². The Bertz CT molecular complexity index is 961. The molecule has 6 heteroatoms. The number of hydrogen-bond acceptors (Lipinski definition) is 6. The van der Waals surface area contributed by atoms with Gasteiger partial charge in [-0.05, 0) is 68.4 Å². The summed E-state index contributed by atoms with van der Waals surface area (Å²) >= 11 is 0. The zero-order chi connectivity index (χ0) is 20.2. The molecule has 0 radical (unpaired) electrons. The van der Waals surface area contributed by atoms with Crippen molar-refractivity contribution in [2.45, 2.75) is 13.8 Å². The molecule has 1 aliphatic heterocycles. The van der Waals surface area contributed by atoms with E-state index in [1.165, 1.54) is 16.8 Å². The number of aryl methyl sites for hydroxylation is 1. The van der Waals surface area contributed by atoms with E-state index in [1.807, 2.05) is 18.2 Å². The van der Waals surface area contributed by atoms with Crippen molar-refractivity contribution in [2.24, 2.45) is 0 Å². The van der Waals surface area contributed by atoms with Crippen LogP contribution in [-0.2, 0) is 0 Å². The van der Waals surface area contributed by atoms with E-state index in [2.05, 4.69) is 81.6 Å². The lowest BCUT2D eigenvalue weighted by Gasteiger charge is -2.34. The fourth-order valence-electron chi connectivity index (χ4n) is 3.46. The van der Waals surface area contributed by atoms with Gasteiger partial charge in [0.05, 0.1) is 0 Å². The first-order valence-electron chi connectivity index (χ1n) is 10.1. The summed E-state index contributed by atoms with van der Waals surface area (Å²) in [6.07, 6.45) is 1.77. The van der Waals surface area contributed by atoms with Gasteiger partial charge >= 0.3 is 0 Å². The quantitative estimate of drug-likeness (QED) is 0.678. The molecular formula is C23H28N6. The Morgan fingerprint density at radius 1 is 0.862 bits per heavy atom. The number of nitrogens with one attached hydrogen (secondary N) is 2. The van der Waals surface area contributed by atoms with Gasteiger partial charge in [-0.3, -0.25) is 0 Å². The number of likely N-dealkylation sites (N-methyl/N-ethyl adjacent to an activating group) is 1. The molecule has 150 valence electrons. The number of aromatic nitrogens is 2. The molecule has 2 aromatic carbocycles. The number of nitrogens with zero attached hydrogens (tertiary/aromatic N) is 4. The number of rotatable bonds is 5. The molecule has 1 aliphatic rings. The number of benzene rings is 2. The Morgan fingerprint density at radius 2 is 1.62 bits per heavy atom. The molecule has 4 rings (SSSR count). The Morgan fingerprint density at radius 3 is 2.38 bits per heavy atom. The zero-order valence-corrected chi connectivity index (χ0v) is 17.3. The number of piperazine rings is 1. The molecule has 0 unspecified atom stereocenters. The van der Waals surface area contributed by atoms with Crippen molar-refractivity contribution in [3.05, 3.63) is 65.9 Å². The van der Waals surface area contributed by atoms with Crippen molar-refractivity contribution in [3.63, 3.8) is 0 Å². The van der Waals surface area contributed by atoms with Crippen LogP contribution in [0.25, 0.3) is 0 Å². The topological polar surface area (TPSA) is 56.3 Å². The minimum atomic E-state index is 0.581. The summed E-state index contributed by atoms with van der Waals surface area (Å²) < 4.78 is 0. The van der Waals surface area contributed by atoms with Crippen molar-refractivity contribution in [1.29, 1.82) is 0 Å². The van der Waals surface area contributed by atoms with E-state index in [0.29, 0.717) is 5.95 Å². The first-order chi connectivity index (χ1) is 14.1. The van der Waals surface area contributed by atoms with Gasteiger partial charge < -0.3 is 20.4 Å². The highest BCUT2D eigenvalue weighted by Crippen LogP contribution is 2.24. The lowest BCUT2D eigenvalue weighted by atomic mass is 10.1. The zero-order valence-electron chi connectivity index (χ0n) is 17.3. The fraction of sp³-hybridized carbons (Fsp3) is 0.304. The van der Waals surface area contributed by atoms with E-state index < -0.39 is 0 Å². The van der Waals surface area contributed by atoms with Gasteiger partial charge in [0, 0.05) is 49.4 Å². The van der Waals surface area contributed by atoms with Crippen LogP contribution in [0.4, 0.5) is 28.8 Å². The summed E-state index contributed by atoms with van der Waals surface area (Å²) in [6, 6.07) is 16.6. The molecule has 0 aliphatic carbocycles. The second-order valence-electron chi connectivity index (χ2n) is 7.60. The molecule has 0 saturated carbocycles. The monoisotopic (exact) mass is 388 g/mol. The van der Waals surface area contributed by atoms with Crippen LogP contribution in [0.3, 0.4) is 0 Å². The summed E-state index contributed by atoms with van der Waals surface area (Å²) in [5.41, 5.74) is 5.75. The first kappa shape index (κ1) is 19.2. The maximum atomic E-state index is 4.61. The Kier molecular flexibility index (Phi) is 5.62. The van der Waals surface area contributed by atoms with Crippen molar-refractivity contribution in [2.75, 3.05) is 48.8 Å². The van der Waals surface area contributed by atoms with Crippen LogP contribution in [0.15, 0.2) is 54.7 Å². The summed E-state index contributed by atoms with van der Waals surface area (Å²) in [4.78, 5) is 13.8.